The Balaban J connectivity index is 0. The zero-order valence-corrected chi connectivity index (χ0v) is 17.3. The van der Waals surface area contributed by atoms with E-state index in [1.54, 1.807) is 6.92 Å². The Morgan fingerprint density at radius 1 is 0.667 bits per heavy atom. The molecule has 0 saturated heterocycles. The Kier molecular flexibility index (Phi) is 19.9. The van der Waals surface area contributed by atoms with Gasteiger partial charge in [-0.1, -0.05) is 77.6 Å². The molecule has 0 aromatic carbocycles. The minimum absolute atomic E-state index is 0. The molecule has 0 heterocycles. The molecule has 0 rings (SSSR count). The van der Waals surface area contributed by atoms with Crippen molar-refractivity contribution in [3.05, 3.63) is 0 Å². The van der Waals surface area contributed by atoms with E-state index in [2.05, 4.69) is 6.92 Å². The molecule has 0 fully saturated rings. The van der Waals surface area contributed by atoms with Gasteiger partial charge in [-0.15, -0.1) is 0 Å². The second kappa shape index (κ2) is 17.3. The Hall–Kier alpha value is 0.910. The topological polar surface area (TPSA) is 43.4 Å². The van der Waals surface area contributed by atoms with Crippen LogP contribution >= 0.6 is 0 Å². The molecule has 0 bridgehead atoms. The Bertz CT molecular complexity index is 292. The molecule has 0 aromatic rings. The van der Waals surface area contributed by atoms with Gasteiger partial charge in [-0.3, -0.25) is 4.18 Å². The molecule has 0 atom stereocenters. The van der Waals surface area contributed by atoms with Crippen molar-refractivity contribution in [2.75, 3.05) is 12.4 Å². The molecule has 123 valence electrons. The van der Waals surface area contributed by atoms with Gasteiger partial charge in [-0.2, -0.15) is 8.42 Å². The van der Waals surface area contributed by atoms with Crippen LogP contribution in [0, 0.1) is 0 Å². The molecule has 0 aliphatic carbocycles. The largest absolute Gasteiger partial charge is 0.270 e. The zero-order chi connectivity index (χ0) is 15.1. The van der Waals surface area contributed by atoms with Crippen molar-refractivity contribution in [3.8, 4) is 0 Å². The van der Waals surface area contributed by atoms with Gasteiger partial charge in [0.15, 0.2) is 0 Å². The van der Waals surface area contributed by atoms with E-state index in [9.17, 15) is 8.42 Å². The second-order valence-corrected chi connectivity index (χ2v) is 7.49. The zero-order valence-electron chi connectivity index (χ0n) is 14.5. The van der Waals surface area contributed by atoms with E-state index in [4.69, 9.17) is 4.18 Å². The first-order valence-electron chi connectivity index (χ1n) is 8.49. The summed E-state index contributed by atoms with van der Waals surface area (Å²) in [4.78, 5) is 0. The summed E-state index contributed by atoms with van der Waals surface area (Å²) >= 11 is 0. The summed E-state index contributed by atoms with van der Waals surface area (Å²) in [5.41, 5.74) is 0. The van der Waals surface area contributed by atoms with E-state index < -0.39 is 10.1 Å². The molecule has 1 radical (unpaired) electrons. The monoisotopic (exact) mass is 329 g/mol. The summed E-state index contributed by atoms with van der Waals surface area (Å²) in [5, 5.41) is 0. The maximum Gasteiger partial charge on any atom is 0.267 e. The van der Waals surface area contributed by atoms with Crippen LogP contribution < -0.4 is 0 Å². The van der Waals surface area contributed by atoms with Crippen molar-refractivity contribution in [1.82, 2.24) is 0 Å². The average Bonchev–Trinajstić information content (AvgIpc) is 2.44. The fraction of sp³-hybridized carbons (Fsp3) is 1.00. The van der Waals surface area contributed by atoms with Crippen LogP contribution in [0.4, 0.5) is 0 Å². The van der Waals surface area contributed by atoms with Crippen molar-refractivity contribution < 1.29 is 12.6 Å². The van der Waals surface area contributed by atoms with Gasteiger partial charge in [0.05, 0.1) is 12.4 Å². The second-order valence-electron chi connectivity index (χ2n) is 5.56. The van der Waals surface area contributed by atoms with Gasteiger partial charge in [0, 0.05) is 29.6 Å². The normalized spacial score (nSPS) is 11.3. The maximum atomic E-state index is 11.1. The molecule has 0 saturated carbocycles. The van der Waals surface area contributed by atoms with Crippen LogP contribution in [0.2, 0.25) is 0 Å². The van der Waals surface area contributed by atoms with Crippen LogP contribution in [0.5, 0.6) is 0 Å². The van der Waals surface area contributed by atoms with Gasteiger partial charge in [-0.25, -0.2) is 0 Å². The van der Waals surface area contributed by atoms with E-state index >= 15 is 0 Å². The summed E-state index contributed by atoms with van der Waals surface area (Å²) < 4.78 is 27.0. The summed E-state index contributed by atoms with van der Waals surface area (Å²) in [6.07, 6.45) is 15.4. The van der Waals surface area contributed by atoms with E-state index in [0.29, 0.717) is 6.61 Å². The smallest absolute Gasteiger partial charge is 0.267 e. The first-order chi connectivity index (χ1) is 9.62. The van der Waals surface area contributed by atoms with E-state index in [1.807, 2.05) is 0 Å². The molecule has 0 aromatic heterocycles. The van der Waals surface area contributed by atoms with Crippen molar-refractivity contribution in [2.45, 2.75) is 90.9 Å². The van der Waals surface area contributed by atoms with Crippen molar-refractivity contribution in [3.63, 3.8) is 0 Å². The van der Waals surface area contributed by atoms with Crippen LogP contribution in [0.15, 0.2) is 0 Å². The maximum absolute atomic E-state index is 11.1. The fourth-order valence-corrected chi connectivity index (χ4v) is 2.75. The van der Waals surface area contributed by atoms with Crippen molar-refractivity contribution in [1.29, 1.82) is 0 Å². The molecule has 21 heavy (non-hydrogen) atoms. The SMILES string of the molecule is CCCCCCCCCCCCCCOS(=O)(=O)CC.[Na]. The standard InChI is InChI=1S/C16H34O3S.Na/c1-3-5-6-7-8-9-10-11-12-13-14-15-16-19-20(17,18)4-2;/h3-16H2,1-2H3;. The first kappa shape index (κ1) is 24.2. The third kappa shape index (κ3) is 18.9. The van der Waals surface area contributed by atoms with Crippen molar-refractivity contribution in [2.24, 2.45) is 0 Å². The van der Waals surface area contributed by atoms with Gasteiger partial charge in [0.25, 0.3) is 10.1 Å². The van der Waals surface area contributed by atoms with Gasteiger partial charge >= 0.3 is 0 Å². The number of rotatable bonds is 15. The summed E-state index contributed by atoms with van der Waals surface area (Å²) in [5.74, 6) is 0.0747. The van der Waals surface area contributed by atoms with E-state index in [0.717, 1.165) is 12.8 Å². The Labute approximate surface area is 155 Å². The molecular weight excluding hydrogens is 295 g/mol. The van der Waals surface area contributed by atoms with E-state index in [1.165, 1.54) is 64.2 Å². The third-order valence-electron chi connectivity index (χ3n) is 3.61. The van der Waals surface area contributed by atoms with Crippen LogP contribution in [-0.4, -0.2) is 50.3 Å². The fourth-order valence-electron chi connectivity index (χ4n) is 2.21. The predicted molar refractivity (Wildman–Crippen MR) is 92.2 cm³/mol. The molecule has 5 heteroatoms. The summed E-state index contributed by atoms with van der Waals surface area (Å²) in [6.45, 7) is 4.22. The first-order valence-corrected chi connectivity index (χ1v) is 10.1. The number of hydrogen-bond acceptors (Lipinski definition) is 3. The Morgan fingerprint density at radius 2 is 1.05 bits per heavy atom. The van der Waals surface area contributed by atoms with Crippen LogP contribution in [-0.2, 0) is 14.3 Å². The third-order valence-corrected chi connectivity index (χ3v) is 4.85. The quantitative estimate of drug-likeness (QED) is 0.249. The minimum Gasteiger partial charge on any atom is -0.270 e. The van der Waals surface area contributed by atoms with Crippen LogP contribution in [0.3, 0.4) is 0 Å². The molecule has 0 spiro atoms. The minimum atomic E-state index is -3.23. The number of unbranched alkanes of at least 4 members (excludes halogenated alkanes) is 11. The van der Waals surface area contributed by atoms with Crippen molar-refractivity contribution >= 4 is 39.7 Å². The van der Waals surface area contributed by atoms with Gasteiger partial charge in [-0.05, 0) is 13.3 Å². The molecule has 0 amide bonds. The molecule has 0 aliphatic rings. The molecular formula is C16H34NaO3S. The van der Waals surface area contributed by atoms with Crippen LogP contribution in [0.25, 0.3) is 0 Å². The molecule has 0 aliphatic heterocycles. The Morgan fingerprint density at radius 3 is 1.43 bits per heavy atom. The summed E-state index contributed by atoms with van der Waals surface area (Å²) in [7, 11) is -3.23. The van der Waals surface area contributed by atoms with Crippen LogP contribution in [0.1, 0.15) is 90.9 Å². The van der Waals surface area contributed by atoms with E-state index in [-0.39, 0.29) is 35.3 Å². The van der Waals surface area contributed by atoms with Gasteiger partial charge in [0.2, 0.25) is 0 Å². The number of hydrogen-bond donors (Lipinski definition) is 0. The van der Waals surface area contributed by atoms with Gasteiger partial charge < -0.3 is 0 Å². The predicted octanol–water partition coefficient (Wildman–Crippen LogP) is 4.67. The summed E-state index contributed by atoms with van der Waals surface area (Å²) in [6, 6.07) is 0. The van der Waals surface area contributed by atoms with Gasteiger partial charge in [0.1, 0.15) is 0 Å². The molecule has 3 nitrogen and oxygen atoms in total. The molecule has 0 N–H and O–H groups in total. The average molecular weight is 330 g/mol. The molecule has 0 unspecified atom stereocenters.